The number of nitrogens with one attached hydrogen (secondary N) is 1. The van der Waals surface area contributed by atoms with Crippen molar-refractivity contribution < 1.29 is 15.0 Å². The van der Waals surface area contributed by atoms with Crippen LogP contribution in [0, 0.1) is 0 Å². The minimum absolute atomic E-state index is 0.0235. The molecule has 1 unspecified atom stereocenters. The zero-order valence-corrected chi connectivity index (χ0v) is 10.7. The number of phenols is 2. The molecule has 0 aliphatic carbocycles. The first-order valence-corrected chi connectivity index (χ1v) is 5.67. The smallest absolute Gasteiger partial charge is 0.255 e. The third-order valence-corrected chi connectivity index (χ3v) is 3.24. The van der Waals surface area contributed by atoms with Gasteiger partial charge >= 0.3 is 0 Å². The van der Waals surface area contributed by atoms with Crippen molar-refractivity contribution in [2.75, 3.05) is 0 Å². The predicted octanol–water partition coefficient (Wildman–Crippen LogP) is 2.23. The van der Waals surface area contributed by atoms with E-state index in [0.29, 0.717) is 0 Å². The molecule has 3 N–H and O–H groups in total. The molecule has 1 aromatic carbocycles. The highest BCUT2D eigenvalue weighted by molar-refractivity contribution is 6.21. The number of amides is 1. The van der Waals surface area contributed by atoms with Gasteiger partial charge in [-0.2, -0.15) is 0 Å². The van der Waals surface area contributed by atoms with Crippen LogP contribution in [0.2, 0.25) is 0 Å². The molecule has 0 aliphatic heterocycles. The number of phenolic OH excluding ortho intramolecular Hbond substituents is 2. The van der Waals surface area contributed by atoms with Crippen LogP contribution in [0.3, 0.4) is 0 Å². The van der Waals surface area contributed by atoms with E-state index in [2.05, 4.69) is 5.32 Å². The molecule has 0 heterocycles. The number of carbonyl (C=O) groups excluding carboxylic acids is 1. The molecule has 1 atom stereocenters. The highest BCUT2D eigenvalue weighted by Crippen LogP contribution is 2.28. The van der Waals surface area contributed by atoms with Gasteiger partial charge in [-0.25, -0.2) is 0 Å². The third-order valence-electron chi connectivity index (χ3n) is 2.69. The molecule has 17 heavy (non-hydrogen) atoms. The van der Waals surface area contributed by atoms with Crippen LogP contribution in [0.25, 0.3) is 0 Å². The quantitative estimate of drug-likeness (QED) is 0.575. The molecule has 0 saturated heterocycles. The van der Waals surface area contributed by atoms with Crippen LogP contribution < -0.4 is 5.32 Å². The second kappa shape index (κ2) is 4.84. The van der Waals surface area contributed by atoms with E-state index in [1.54, 1.807) is 20.8 Å². The molecule has 94 valence electrons. The first-order chi connectivity index (χ1) is 7.75. The molecular weight excluding hydrogens is 242 g/mol. The fourth-order valence-electron chi connectivity index (χ4n) is 1.17. The van der Waals surface area contributed by atoms with Gasteiger partial charge in [-0.05, 0) is 32.9 Å². The van der Waals surface area contributed by atoms with Gasteiger partial charge in [-0.1, -0.05) is 6.07 Å². The Bertz CT molecular complexity index is 430. The Balaban J connectivity index is 2.95. The van der Waals surface area contributed by atoms with Crippen molar-refractivity contribution >= 4 is 17.5 Å². The summed E-state index contributed by atoms with van der Waals surface area (Å²) in [6.45, 7) is 5.33. The average molecular weight is 258 g/mol. The van der Waals surface area contributed by atoms with Gasteiger partial charge in [-0.3, -0.25) is 4.79 Å². The predicted molar refractivity (Wildman–Crippen MR) is 66.6 cm³/mol. The van der Waals surface area contributed by atoms with Crippen molar-refractivity contribution in [1.29, 1.82) is 0 Å². The van der Waals surface area contributed by atoms with Crippen molar-refractivity contribution in [2.45, 2.75) is 31.7 Å². The number of alkyl halides is 1. The summed E-state index contributed by atoms with van der Waals surface area (Å²) in [6, 6.07) is 4.22. The first kappa shape index (κ1) is 13.6. The van der Waals surface area contributed by atoms with E-state index >= 15 is 0 Å². The fourth-order valence-corrected chi connectivity index (χ4v) is 1.23. The molecule has 5 heteroatoms. The summed E-state index contributed by atoms with van der Waals surface area (Å²) < 4.78 is 0. The lowest BCUT2D eigenvalue weighted by atomic mass is 10.0. The Kier molecular flexibility index (Phi) is 3.88. The Morgan fingerprint density at radius 3 is 2.53 bits per heavy atom. The van der Waals surface area contributed by atoms with E-state index in [9.17, 15) is 15.0 Å². The Morgan fingerprint density at radius 2 is 2.00 bits per heavy atom. The number of hydrogen-bond donors (Lipinski definition) is 3. The van der Waals surface area contributed by atoms with E-state index in [-0.39, 0.29) is 16.7 Å². The molecule has 0 spiro atoms. The maximum atomic E-state index is 11.9. The molecule has 4 nitrogen and oxygen atoms in total. The number of rotatable bonds is 3. The van der Waals surface area contributed by atoms with Crippen molar-refractivity contribution in [3.8, 4) is 11.5 Å². The maximum Gasteiger partial charge on any atom is 0.255 e. The van der Waals surface area contributed by atoms with Gasteiger partial charge < -0.3 is 15.5 Å². The van der Waals surface area contributed by atoms with Gasteiger partial charge in [0.05, 0.1) is 16.5 Å². The van der Waals surface area contributed by atoms with E-state index in [1.165, 1.54) is 18.2 Å². The summed E-state index contributed by atoms with van der Waals surface area (Å²) in [5.74, 6) is -1.23. The van der Waals surface area contributed by atoms with Gasteiger partial charge in [0.1, 0.15) is 0 Å². The Labute approximate surface area is 105 Å². The normalized spacial score (nSPS) is 13.2. The number of carbonyl (C=O) groups is 1. The van der Waals surface area contributed by atoms with Gasteiger partial charge in [0.25, 0.3) is 5.91 Å². The molecule has 0 aliphatic rings. The summed E-state index contributed by atoms with van der Waals surface area (Å²) in [5, 5.41) is 21.3. The van der Waals surface area contributed by atoms with Crippen molar-refractivity contribution in [2.24, 2.45) is 0 Å². The zero-order valence-electron chi connectivity index (χ0n) is 9.99. The number of benzene rings is 1. The molecular formula is C12H16ClNO3. The lowest BCUT2D eigenvalue weighted by Gasteiger charge is -2.29. The van der Waals surface area contributed by atoms with Crippen LogP contribution >= 0.6 is 11.6 Å². The second-order valence-electron chi connectivity index (χ2n) is 4.47. The molecule has 1 rings (SSSR count). The number of hydrogen-bond acceptors (Lipinski definition) is 3. The van der Waals surface area contributed by atoms with Crippen LogP contribution in [0.15, 0.2) is 18.2 Å². The largest absolute Gasteiger partial charge is 0.504 e. The molecule has 0 aromatic heterocycles. The second-order valence-corrected chi connectivity index (χ2v) is 5.12. The summed E-state index contributed by atoms with van der Waals surface area (Å²) in [5.41, 5.74) is -0.591. The van der Waals surface area contributed by atoms with Crippen LogP contribution in [0.5, 0.6) is 11.5 Å². The highest BCUT2D eigenvalue weighted by Gasteiger charge is 2.27. The van der Waals surface area contributed by atoms with Crippen LogP contribution in [-0.2, 0) is 0 Å². The van der Waals surface area contributed by atoms with Crippen LogP contribution in [-0.4, -0.2) is 27.0 Å². The highest BCUT2D eigenvalue weighted by atomic mass is 35.5. The van der Waals surface area contributed by atoms with Crippen molar-refractivity contribution in [3.05, 3.63) is 23.8 Å². The van der Waals surface area contributed by atoms with Crippen molar-refractivity contribution in [1.82, 2.24) is 5.32 Å². The molecule has 0 bridgehead atoms. The van der Waals surface area contributed by atoms with Gasteiger partial charge in [0, 0.05) is 0 Å². The molecule has 0 radical (unpaired) electrons. The van der Waals surface area contributed by atoms with Gasteiger partial charge in [-0.15, -0.1) is 11.6 Å². The molecule has 0 saturated carbocycles. The maximum absolute atomic E-state index is 11.9. The summed E-state index contributed by atoms with van der Waals surface area (Å²) in [6.07, 6.45) is 0. The SMILES string of the molecule is CC(Cl)C(C)(C)NC(=O)c1cccc(O)c1O. The van der Waals surface area contributed by atoms with E-state index in [0.717, 1.165) is 0 Å². The van der Waals surface area contributed by atoms with Gasteiger partial charge in [0.15, 0.2) is 11.5 Å². The minimum atomic E-state index is -0.615. The molecule has 0 fully saturated rings. The van der Waals surface area contributed by atoms with E-state index < -0.39 is 17.2 Å². The lowest BCUT2D eigenvalue weighted by molar-refractivity contribution is 0.0909. The standard InChI is InChI=1S/C12H16ClNO3/c1-7(13)12(2,3)14-11(17)8-5-4-6-9(15)10(8)16/h4-7,15-16H,1-3H3,(H,14,17). The van der Waals surface area contributed by atoms with E-state index in [4.69, 9.17) is 11.6 Å². The number of para-hydroxylation sites is 1. The van der Waals surface area contributed by atoms with Gasteiger partial charge in [0.2, 0.25) is 0 Å². The monoisotopic (exact) mass is 257 g/mol. The number of aromatic hydroxyl groups is 2. The minimum Gasteiger partial charge on any atom is -0.504 e. The lowest BCUT2D eigenvalue weighted by Crippen LogP contribution is -2.49. The molecule has 1 amide bonds. The van der Waals surface area contributed by atoms with Crippen LogP contribution in [0.4, 0.5) is 0 Å². The Morgan fingerprint density at radius 1 is 1.41 bits per heavy atom. The summed E-state index contributed by atoms with van der Waals surface area (Å²) >= 11 is 5.95. The fraction of sp³-hybridized carbons (Fsp3) is 0.417. The first-order valence-electron chi connectivity index (χ1n) is 5.23. The third kappa shape index (κ3) is 3.03. The summed E-state index contributed by atoms with van der Waals surface area (Å²) in [7, 11) is 0. The average Bonchev–Trinajstić information content (AvgIpc) is 2.21. The topological polar surface area (TPSA) is 69.6 Å². The molecule has 1 aromatic rings. The Hall–Kier alpha value is -1.42. The van der Waals surface area contributed by atoms with Crippen molar-refractivity contribution in [3.63, 3.8) is 0 Å². The number of halogens is 1. The van der Waals surface area contributed by atoms with Crippen LogP contribution in [0.1, 0.15) is 31.1 Å². The summed E-state index contributed by atoms with van der Waals surface area (Å²) in [4.78, 5) is 11.9. The van der Waals surface area contributed by atoms with E-state index in [1.807, 2.05) is 0 Å². The zero-order chi connectivity index (χ0) is 13.2.